The van der Waals surface area contributed by atoms with Crippen LogP contribution in [0.15, 0.2) is 65.5 Å². The number of hydrogen-bond donors (Lipinski definition) is 1. The van der Waals surface area contributed by atoms with Crippen LogP contribution >= 0.6 is 0 Å². The van der Waals surface area contributed by atoms with Crippen molar-refractivity contribution >= 4 is 28.7 Å². The standard InChI is InChI=1S/C26H27N3O4/c1-2-33-25(32)26(15-8-12-19-10-4-3-5-11-19)16-9-17-29(18-26)24(31)22-20-13-6-7-14-21(20)23(30)28-27-22/h3-8,10-14H,2,9,15-18H2,1H3,(H,28,30)/b12-8+/t26-/m0/s1. The van der Waals surface area contributed by atoms with Gasteiger partial charge < -0.3 is 9.64 Å². The normalized spacial score (nSPS) is 18.5. The summed E-state index contributed by atoms with van der Waals surface area (Å²) in [4.78, 5) is 40.3. The van der Waals surface area contributed by atoms with Gasteiger partial charge in [0.2, 0.25) is 0 Å². The molecule has 0 aliphatic carbocycles. The number of esters is 1. The number of ether oxygens (including phenoxy) is 1. The van der Waals surface area contributed by atoms with E-state index in [0.717, 1.165) is 5.56 Å². The second-order valence-corrected chi connectivity index (χ2v) is 8.30. The van der Waals surface area contributed by atoms with Crippen LogP contribution < -0.4 is 5.56 Å². The predicted octanol–water partition coefficient (Wildman–Crippen LogP) is 3.81. The highest BCUT2D eigenvalue weighted by Gasteiger charge is 2.44. The highest BCUT2D eigenvalue weighted by atomic mass is 16.5. The van der Waals surface area contributed by atoms with Gasteiger partial charge in [-0.25, -0.2) is 5.10 Å². The minimum absolute atomic E-state index is 0.185. The van der Waals surface area contributed by atoms with Gasteiger partial charge in [-0.05, 0) is 37.8 Å². The first-order valence-corrected chi connectivity index (χ1v) is 11.2. The third kappa shape index (κ3) is 4.72. The van der Waals surface area contributed by atoms with Crippen LogP contribution in [0.3, 0.4) is 0 Å². The van der Waals surface area contributed by atoms with E-state index in [9.17, 15) is 14.4 Å². The number of nitrogens with one attached hydrogen (secondary N) is 1. The van der Waals surface area contributed by atoms with Crippen LogP contribution in [0.25, 0.3) is 16.8 Å². The smallest absolute Gasteiger partial charge is 0.314 e. The van der Waals surface area contributed by atoms with Crippen LogP contribution in [0.5, 0.6) is 0 Å². The second-order valence-electron chi connectivity index (χ2n) is 8.30. The molecule has 0 unspecified atom stereocenters. The maximum atomic E-state index is 13.5. The molecule has 7 heteroatoms. The average molecular weight is 446 g/mol. The van der Waals surface area contributed by atoms with E-state index in [-0.39, 0.29) is 36.3 Å². The first-order chi connectivity index (χ1) is 16.0. The number of carbonyl (C=O) groups is 2. The summed E-state index contributed by atoms with van der Waals surface area (Å²) in [6.07, 6.45) is 5.73. The number of aromatic amines is 1. The van der Waals surface area contributed by atoms with E-state index in [4.69, 9.17) is 4.74 Å². The molecule has 1 N–H and O–H groups in total. The van der Waals surface area contributed by atoms with Crippen LogP contribution in [-0.2, 0) is 9.53 Å². The van der Waals surface area contributed by atoms with Gasteiger partial charge >= 0.3 is 5.97 Å². The highest BCUT2D eigenvalue weighted by Crippen LogP contribution is 2.36. The number of allylic oxidation sites excluding steroid dienone is 1. The monoisotopic (exact) mass is 445 g/mol. The Bertz CT molecular complexity index is 1240. The second kappa shape index (κ2) is 9.81. The van der Waals surface area contributed by atoms with E-state index in [0.29, 0.717) is 36.6 Å². The Hall–Kier alpha value is -3.74. The predicted molar refractivity (Wildman–Crippen MR) is 127 cm³/mol. The molecule has 1 fully saturated rings. The van der Waals surface area contributed by atoms with Gasteiger partial charge in [0.25, 0.3) is 11.5 Å². The van der Waals surface area contributed by atoms with Crippen molar-refractivity contribution in [3.63, 3.8) is 0 Å². The number of aromatic nitrogens is 2. The van der Waals surface area contributed by atoms with E-state index in [1.807, 2.05) is 42.5 Å². The number of amides is 1. The van der Waals surface area contributed by atoms with Gasteiger partial charge in [0.15, 0.2) is 5.69 Å². The minimum atomic E-state index is -0.826. The lowest BCUT2D eigenvalue weighted by molar-refractivity contribution is -0.158. The molecule has 1 aliphatic rings. The maximum Gasteiger partial charge on any atom is 0.314 e. The molecule has 0 spiro atoms. The molecule has 2 heterocycles. The van der Waals surface area contributed by atoms with Crippen molar-refractivity contribution in [3.8, 4) is 0 Å². The quantitative estimate of drug-likeness (QED) is 0.583. The van der Waals surface area contributed by atoms with Gasteiger partial charge in [-0.3, -0.25) is 14.4 Å². The van der Waals surface area contributed by atoms with E-state index in [1.165, 1.54) is 0 Å². The van der Waals surface area contributed by atoms with Crippen LogP contribution in [-0.4, -0.2) is 46.7 Å². The van der Waals surface area contributed by atoms with Gasteiger partial charge in [-0.2, -0.15) is 5.10 Å². The average Bonchev–Trinajstić information content (AvgIpc) is 2.85. The number of nitrogens with zero attached hydrogens (tertiary/aromatic N) is 2. The summed E-state index contributed by atoms with van der Waals surface area (Å²) in [6.45, 7) is 2.81. The molecule has 33 heavy (non-hydrogen) atoms. The number of rotatable bonds is 6. The molecule has 170 valence electrons. The lowest BCUT2D eigenvalue weighted by Crippen LogP contribution is -2.50. The van der Waals surface area contributed by atoms with E-state index >= 15 is 0 Å². The molecule has 0 bridgehead atoms. The van der Waals surface area contributed by atoms with Crippen molar-refractivity contribution in [2.75, 3.05) is 19.7 Å². The van der Waals surface area contributed by atoms with Crippen molar-refractivity contribution in [1.82, 2.24) is 15.1 Å². The number of carbonyl (C=O) groups excluding carboxylic acids is 2. The molecule has 0 radical (unpaired) electrons. The Kier molecular flexibility index (Phi) is 6.68. The summed E-state index contributed by atoms with van der Waals surface area (Å²) in [7, 11) is 0. The lowest BCUT2D eigenvalue weighted by Gasteiger charge is -2.40. The van der Waals surface area contributed by atoms with Gasteiger partial charge in [0.1, 0.15) is 0 Å². The summed E-state index contributed by atoms with van der Waals surface area (Å²) in [5.74, 6) is -0.595. The van der Waals surface area contributed by atoms with Crippen molar-refractivity contribution in [2.45, 2.75) is 26.2 Å². The van der Waals surface area contributed by atoms with Gasteiger partial charge in [0, 0.05) is 18.5 Å². The molecular formula is C26H27N3O4. The molecule has 1 saturated heterocycles. The highest BCUT2D eigenvalue weighted by molar-refractivity contribution is 6.05. The molecule has 1 aromatic heterocycles. The summed E-state index contributed by atoms with van der Waals surface area (Å²) < 4.78 is 5.43. The molecule has 4 rings (SSSR count). The van der Waals surface area contributed by atoms with Crippen LogP contribution in [0, 0.1) is 5.41 Å². The maximum absolute atomic E-state index is 13.5. The van der Waals surface area contributed by atoms with Crippen LogP contribution in [0.2, 0.25) is 0 Å². The Balaban J connectivity index is 1.62. The van der Waals surface area contributed by atoms with E-state index < -0.39 is 5.41 Å². The first-order valence-electron chi connectivity index (χ1n) is 11.2. The first kappa shape index (κ1) is 22.5. The summed E-state index contributed by atoms with van der Waals surface area (Å²) in [5.41, 5.74) is 0.0641. The summed E-state index contributed by atoms with van der Waals surface area (Å²) in [5, 5.41) is 7.39. The van der Waals surface area contributed by atoms with Gasteiger partial charge in [0.05, 0.1) is 17.4 Å². The van der Waals surface area contributed by atoms with E-state index in [2.05, 4.69) is 10.2 Å². The number of fused-ring (bicyclic) bond motifs is 1. The third-order valence-electron chi connectivity index (χ3n) is 6.09. The Labute approximate surface area is 192 Å². The fraction of sp³-hybridized carbons (Fsp3) is 0.308. The number of likely N-dealkylation sites (tertiary alicyclic amines) is 1. The zero-order valence-corrected chi connectivity index (χ0v) is 18.6. The molecule has 2 aromatic carbocycles. The molecule has 0 saturated carbocycles. The zero-order valence-electron chi connectivity index (χ0n) is 18.6. The van der Waals surface area contributed by atoms with Crippen molar-refractivity contribution in [2.24, 2.45) is 5.41 Å². The Morgan fingerprint density at radius 2 is 1.85 bits per heavy atom. The molecule has 3 aromatic rings. The lowest BCUT2D eigenvalue weighted by atomic mass is 9.76. The third-order valence-corrected chi connectivity index (χ3v) is 6.09. The molecule has 7 nitrogen and oxygen atoms in total. The van der Waals surface area contributed by atoms with E-state index in [1.54, 1.807) is 36.1 Å². The number of piperidine rings is 1. The van der Waals surface area contributed by atoms with Crippen LogP contribution in [0.4, 0.5) is 0 Å². The largest absolute Gasteiger partial charge is 0.466 e. The van der Waals surface area contributed by atoms with Gasteiger partial charge in [-0.1, -0.05) is 60.7 Å². The van der Waals surface area contributed by atoms with Crippen LogP contribution in [0.1, 0.15) is 42.2 Å². The number of benzene rings is 2. The van der Waals surface area contributed by atoms with Gasteiger partial charge in [-0.15, -0.1) is 0 Å². The summed E-state index contributed by atoms with van der Waals surface area (Å²) in [6, 6.07) is 16.8. The Morgan fingerprint density at radius 1 is 1.12 bits per heavy atom. The summed E-state index contributed by atoms with van der Waals surface area (Å²) >= 11 is 0. The van der Waals surface area contributed by atoms with Crippen molar-refractivity contribution in [1.29, 1.82) is 0 Å². The fourth-order valence-corrected chi connectivity index (χ4v) is 4.42. The zero-order chi connectivity index (χ0) is 23.3. The van der Waals surface area contributed by atoms with Crippen molar-refractivity contribution in [3.05, 3.63) is 82.3 Å². The number of hydrogen-bond acceptors (Lipinski definition) is 5. The SMILES string of the molecule is CCOC(=O)[C@@]1(C/C=C/c2ccccc2)CCCN(C(=O)c2n[nH]c(=O)c3ccccc23)C1. The Morgan fingerprint density at radius 3 is 2.61 bits per heavy atom. The minimum Gasteiger partial charge on any atom is -0.466 e. The molecule has 1 amide bonds. The number of H-pyrrole nitrogens is 1. The molecule has 1 atom stereocenters. The fourth-order valence-electron chi connectivity index (χ4n) is 4.42. The molecular weight excluding hydrogens is 418 g/mol. The van der Waals surface area contributed by atoms with Crippen molar-refractivity contribution < 1.29 is 14.3 Å². The topological polar surface area (TPSA) is 92.4 Å². The molecule has 1 aliphatic heterocycles.